The zero-order valence-corrected chi connectivity index (χ0v) is 15.9. The molecule has 2 amide bonds. The van der Waals surface area contributed by atoms with Crippen LogP contribution in [0, 0.1) is 13.8 Å². The van der Waals surface area contributed by atoms with Crippen LogP contribution < -0.4 is 15.5 Å². The number of benzene rings is 2. The van der Waals surface area contributed by atoms with E-state index >= 15 is 0 Å². The topological polar surface area (TPSA) is 61.4 Å². The highest BCUT2D eigenvalue weighted by Crippen LogP contribution is 2.17. The van der Waals surface area contributed by atoms with Crippen LogP contribution >= 0.6 is 0 Å². The molecule has 0 aliphatic carbocycles. The number of rotatable bonds is 7. The molecule has 0 unspecified atom stereocenters. The van der Waals surface area contributed by atoms with Gasteiger partial charge in [0, 0.05) is 30.0 Å². The summed E-state index contributed by atoms with van der Waals surface area (Å²) in [5, 5.41) is 5.46. The normalized spacial score (nSPS) is 10.3. The van der Waals surface area contributed by atoms with Gasteiger partial charge < -0.3 is 15.5 Å². The molecule has 0 aliphatic rings. The van der Waals surface area contributed by atoms with Crippen molar-refractivity contribution in [2.24, 2.45) is 0 Å². The van der Waals surface area contributed by atoms with Crippen LogP contribution in [-0.4, -0.2) is 31.4 Å². The molecule has 0 heterocycles. The molecule has 2 N–H and O–H groups in total. The third-order valence-corrected chi connectivity index (χ3v) is 4.17. The SMILES string of the molecule is CCN(CC)c1ccc(NC(=O)CNC(=O)c2cc(C)cc(C)c2)cc1. The molecular weight excluding hydrogens is 326 g/mol. The summed E-state index contributed by atoms with van der Waals surface area (Å²) in [5.41, 5.74) is 4.45. The molecule has 2 aromatic carbocycles. The number of hydrogen-bond donors (Lipinski definition) is 2. The van der Waals surface area contributed by atoms with Gasteiger partial charge in [0.05, 0.1) is 6.54 Å². The van der Waals surface area contributed by atoms with Gasteiger partial charge in [0.25, 0.3) is 5.91 Å². The van der Waals surface area contributed by atoms with E-state index < -0.39 is 0 Å². The summed E-state index contributed by atoms with van der Waals surface area (Å²) in [7, 11) is 0. The van der Waals surface area contributed by atoms with Gasteiger partial charge in [-0.1, -0.05) is 17.2 Å². The first-order chi connectivity index (χ1) is 12.4. The fourth-order valence-electron chi connectivity index (χ4n) is 2.92. The van der Waals surface area contributed by atoms with E-state index in [0.29, 0.717) is 11.3 Å². The third-order valence-electron chi connectivity index (χ3n) is 4.17. The summed E-state index contributed by atoms with van der Waals surface area (Å²) < 4.78 is 0. The summed E-state index contributed by atoms with van der Waals surface area (Å²) in [6.07, 6.45) is 0. The van der Waals surface area contributed by atoms with Gasteiger partial charge >= 0.3 is 0 Å². The maximum absolute atomic E-state index is 12.2. The van der Waals surface area contributed by atoms with Crippen molar-refractivity contribution in [3.05, 3.63) is 59.2 Å². The van der Waals surface area contributed by atoms with Gasteiger partial charge in [-0.05, 0) is 64.1 Å². The molecule has 2 rings (SSSR count). The van der Waals surface area contributed by atoms with Crippen LogP contribution in [0.1, 0.15) is 35.3 Å². The van der Waals surface area contributed by atoms with Crippen molar-refractivity contribution in [1.29, 1.82) is 0 Å². The predicted molar refractivity (Wildman–Crippen MR) is 107 cm³/mol. The monoisotopic (exact) mass is 353 g/mol. The van der Waals surface area contributed by atoms with Crippen molar-refractivity contribution in [2.75, 3.05) is 29.9 Å². The second-order valence-electron chi connectivity index (χ2n) is 6.33. The quantitative estimate of drug-likeness (QED) is 0.801. The number of carbonyl (C=O) groups excluding carboxylic acids is 2. The predicted octanol–water partition coefficient (Wildman–Crippen LogP) is 3.52. The molecule has 0 fully saturated rings. The molecule has 0 saturated carbocycles. The van der Waals surface area contributed by atoms with Crippen LogP contribution in [-0.2, 0) is 4.79 Å². The van der Waals surface area contributed by atoms with Crippen LogP contribution in [0.3, 0.4) is 0 Å². The molecule has 5 nitrogen and oxygen atoms in total. The number of aryl methyl sites for hydroxylation is 2. The average Bonchev–Trinajstić information content (AvgIpc) is 2.61. The Hall–Kier alpha value is -2.82. The van der Waals surface area contributed by atoms with Gasteiger partial charge in [0.1, 0.15) is 0 Å². The number of carbonyl (C=O) groups is 2. The number of amides is 2. The standard InChI is InChI=1S/C21H27N3O2/c1-5-24(6-2)19-9-7-18(8-10-19)23-20(25)14-22-21(26)17-12-15(3)11-16(4)13-17/h7-13H,5-6,14H2,1-4H3,(H,22,26)(H,23,25). The van der Waals surface area contributed by atoms with Crippen molar-refractivity contribution in [3.8, 4) is 0 Å². The van der Waals surface area contributed by atoms with Crippen LogP contribution in [0.2, 0.25) is 0 Å². The van der Waals surface area contributed by atoms with E-state index in [1.54, 1.807) is 0 Å². The molecule has 0 aromatic heterocycles. The van der Waals surface area contributed by atoms with E-state index in [2.05, 4.69) is 29.4 Å². The zero-order valence-electron chi connectivity index (χ0n) is 15.9. The number of hydrogen-bond acceptors (Lipinski definition) is 3. The fourth-order valence-corrected chi connectivity index (χ4v) is 2.92. The molecular formula is C21H27N3O2. The van der Waals surface area contributed by atoms with Crippen molar-refractivity contribution < 1.29 is 9.59 Å². The molecule has 2 aromatic rings. The fraction of sp³-hybridized carbons (Fsp3) is 0.333. The second kappa shape index (κ2) is 9.04. The Morgan fingerprint density at radius 2 is 1.50 bits per heavy atom. The van der Waals surface area contributed by atoms with Gasteiger partial charge in [-0.25, -0.2) is 0 Å². The molecule has 0 bridgehead atoms. The Morgan fingerprint density at radius 3 is 2.04 bits per heavy atom. The van der Waals surface area contributed by atoms with E-state index in [-0.39, 0.29) is 18.4 Å². The Balaban J connectivity index is 1.89. The molecule has 0 aliphatic heterocycles. The maximum Gasteiger partial charge on any atom is 0.251 e. The average molecular weight is 353 g/mol. The van der Waals surface area contributed by atoms with Gasteiger partial charge in [-0.2, -0.15) is 0 Å². The molecule has 0 saturated heterocycles. The van der Waals surface area contributed by atoms with Crippen LogP contribution in [0.15, 0.2) is 42.5 Å². The van der Waals surface area contributed by atoms with Gasteiger partial charge in [-0.15, -0.1) is 0 Å². The lowest BCUT2D eigenvalue weighted by atomic mass is 10.1. The summed E-state index contributed by atoms with van der Waals surface area (Å²) >= 11 is 0. The molecule has 26 heavy (non-hydrogen) atoms. The Kier molecular flexibility index (Phi) is 6.78. The van der Waals surface area contributed by atoms with Gasteiger partial charge in [0.15, 0.2) is 0 Å². The van der Waals surface area contributed by atoms with Crippen molar-refractivity contribution >= 4 is 23.2 Å². The zero-order chi connectivity index (χ0) is 19.1. The van der Waals surface area contributed by atoms with Gasteiger partial charge in [0.2, 0.25) is 5.91 Å². The van der Waals surface area contributed by atoms with Crippen molar-refractivity contribution in [1.82, 2.24) is 5.32 Å². The highest BCUT2D eigenvalue weighted by atomic mass is 16.2. The Labute approximate surface area is 155 Å². The number of nitrogens with one attached hydrogen (secondary N) is 2. The highest BCUT2D eigenvalue weighted by Gasteiger charge is 2.09. The molecule has 138 valence electrons. The van der Waals surface area contributed by atoms with Crippen LogP contribution in [0.4, 0.5) is 11.4 Å². The minimum absolute atomic E-state index is 0.0659. The van der Waals surface area contributed by atoms with E-state index in [4.69, 9.17) is 0 Å². The Bertz CT molecular complexity index is 745. The first-order valence-corrected chi connectivity index (χ1v) is 8.94. The lowest BCUT2D eigenvalue weighted by Gasteiger charge is -2.21. The second-order valence-corrected chi connectivity index (χ2v) is 6.33. The lowest BCUT2D eigenvalue weighted by molar-refractivity contribution is -0.115. The number of anilines is 2. The summed E-state index contributed by atoms with van der Waals surface area (Å²) in [6, 6.07) is 13.3. The molecule has 0 spiro atoms. The minimum atomic E-state index is -0.252. The summed E-state index contributed by atoms with van der Waals surface area (Å²) in [6.45, 7) is 9.91. The minimum Gasteiger partial charge on any atom is -0.372 e. The molecule has 5 heteroatoms. The van der Waals surface area contributed by atoms with E-state index in [0.717, 1.165) is 29.9 Å². The largest absolute Gasteiger partial charge is 0.372 e. The number of nitrogens with zero attached hydrogens (tertiary/aromatic N) is 1. The van der Waals surface area contributed by atoms with Crippen LogP contribution in [0.25, 0.3) is 0 Å². The maximum atomic E-state index is 12.2. The molecule has 0 atom stereocenters. The smallest absolute Gasteiger partial charge is 0.251 e. The van der Waals surface area contributed by atoms with Crippen LogP contribution in [0.5, 0.6) is 0 Å². The molecule has 0 radical (unpaired) electrons. The van der Waals surface area contributed by atoms with Crippen molar-refractivity contribution in [3.63, 3.8) is 0 Å². The third kappa shape index (κ3) is 5.34. The Morgan fingerprint density at radius 1 is 0.923 bits per heavy atom. The van der Waals surface area contributed by atoms with E-state index in [9.17, 15) is 9.59 Å². The van der Waals surface area contributed by atoms with E-state index in [1.165, 1.54) is 0 Å². The van der Waals surface area contributed by atoms with Gasteiger partial charge in [-0.3, -0.25) is 9.59 Å². The van der Waals surface area contributed by atoms with Crippen molar-refractivity contribution in [2.45, 2.75) is 27.7 Å². The highest BCUT2D eigenvalue weighted by molar-refractivity contribution is 5.99. The first-order valence-electron chi connectivity index (χ1n) is 8.94. The lowest BCUT2D eigenvalue weighted by Crippen LogP contribution is -2.32. The summed E-state index contributed by atoms with van der Waals surface area (Å²) in [5.74, 6) is -0.498. The first kappa shape index (κ1) is 19.5. The van der Waals surface area contributed by atoms with E-state index in [1.807, 2.05) is 56.3 Å². The summed E-state index contributed by atoms with van der Waals surface area (Å²) in [4.78, 5) is 26.5.